The van der Waals surface area contributed by atoms with Gasteiger partial charge in [0.05, 0.1) is 0 Å². The van der Waals surface area contributed by atoms with Crippen molar-refractivity contribution in [2.24, 2.45) is 11.7 Å². The lowest BCUT2D eigenvalue weighted by atomic mass is 10.0. The predicted octanol–water partition coefficient (Wildman–Crippen LogP) is 0.228. The maximum absolute atomic E-state index is 12.0. The summed E-state index contributed by atoms with van der Waals surface area (Å²) in [6.07, 6.45) is 5.31. The van der Waals surface area contributed by atoms with Crippen LogP contribution in [0.15, 0.2) is 12.2 Å². The molecule has 20 heavy (non-hydrogen) atoms. The molecule has 112 valence electrons. The van der Waals surface area contributed by atoms with Crippen molar-refractivity contribution in [2.75, 3.05) is 0 Å². The Morgan fingerprint density at radius 1 is 1.50 bits per heavy atom. The Kier molecular flexibility index (Phi) is 6.21. The van der Waals surface area contributed by atoms with Crippen LogP contribution in [0.3, 0.4) is 0 Å². The lowest BCUT2D eigenvalue weighted by Gasteiger charge is -2.19. The minimum Gasteiger partial charge on any atom is -0.369 e. The van der Waals surface area contributed by atoms with Gasteiger partial charge in [-0.1, -0.05) is 26.0 Å². The van der Waals surface area contributed by atoms with Crippen LogP contribution in [0.5, 0.6) is 0 Å². The molecule has 0 aromatic heterocycles. The third kappa shape index (κ3) is 5.86. The van der Waals surface area contributed by atoms with Crippen LogP contribution in [0.4, 0.5) is 0 Å². The van der Waals surface area contributed by atoms with Crippen molar-refractivity contribution < 1.29 is 14.4 Å². The number of hydrogen-bond donors (Lipinski definition) is 3. The molecule has 1 saturated heterocycles. The summed E-state index contributed by atoms with van der Waals surface area (Å²) in [5.41, 5.74) is 5.07. The van der Waals surface area contributed by atoms with E-state index in [9.17, 15) is 14.4 Å². The number of hydrogen-bond acceptors (Lipinski definition) is 3. The highest BCUT2D eigenvalue weighted by Crippen LogP contribution is 2.10. The summed E-state index contributed by atoms with van der Waals surface area (Å²) in [4.78, 5) is 33.8. The molecule has 2 atom stereocenters. The molecule has 6 heteroatoms. The molecular formula is C14H23N3O3. The number of carbonyl (C=O) groups is 3. The zero-order valence-electron chi connectivity index (χ0n) is 12.0. The van der Waals surface area contributed by atoms with Gasteiger partial charge in [0, 0.05) is 18.9 Å². The van der Waals surface area contributed by atoms with E-state index in [1.807, 2.05) is 0 Å². The van der Waals surface area contributed by atoms with Gasteiger partial charge < -0.3 is 16.4 Å². The first-order valence-corrected chi connectivity index (χ1v) is 6.93. The van der Waals surface area contributed by atoms with Gasteiger partial charge in [-0.2, -0.15) is 0 Å². The second-order valence-electron chi connectivity index (χ2n) is 5.50. The Morgan fingerprint density at radius 2 is 2.20 bits per heavy atom. The monoisotopic (exact) mass is 281 g/mol. The number of primary amides is 1. The standard InChI is InChI=1S/C14H23N3O3/c1-9(2)8-10(4-3-5-12(15)18)16-14(20)11-6-7-13(19)17-11/h3-4,9-11H,5-8H2,1-2H3,(H2,15,18)(H,16,20)(H,17,19)/b4-3+/t10-,11+/m1/s1. The fraction of sp³-hybridized carbons (Fsp3) is 0.643. The van der Waals surface area contributed by atoms with Gasteiger partial charge >= 0.3 is 0 Å². The van der Waals surface area contributed by atoms with E-state index in [0.717, 1.165) is 6.42 Å². The first kappa shape index (κ1) is 16.2. The van der Waals surface area contributed by atoms with Crippen molar-refractivity contribution in [1.29, 1.82) is 0 Å². The Bertz CT molecular complexity index is 404. The molecule has 1 fully saturated rings. The topological polar surface area (TPSA) is 101 Å². The molecule has 0 aliphatic carbocycles. The third-order valence-corrected chi connectivity index (χ3v) is 3.05. The third-order valence-electron chi connectivity index (χ3n) is 3.05. The molecular weight excluding hydrogens is 258 g/mol. The van der Waals surface area contributed by atoms with Gasteiger partial charge in [0.1, 0.15) is 6.04 Å². The average Bonchev–Trinajstić information content (AvgIpc) is 2.74. The second-order valence-corrected chi connectivity index (χ2v) is 5.50. The molecule has 3 amide bonds. The fourth-order valence-corrected chi connectivity index (χ4v) is 2.14. The number of nitrogens with one attached hydrogen (secondary N) is 2. The van der Waals surface area contributed by atoms with E-state index >= 15 is 0 Å². The van der Waals surface area contributed by atoms with E-state index < -0.39 is 11.9 Å². The van der Waals surface area contributed by atoms with Crippen LogP contribution in [0.25, 0.3) is 0 Å². The summed E-state index contributed by atoms with van der Waals surface area (Å²) in [5, 5.41) is 5.53. The fourth-order valence-electron chi connectivity index (χ4n) is 2.14. The summed E-state index contributed by atoms with van der Waals surface area (Å²) in [5.74, 6) is -0.268. The van der Waals surface area contributed by atoms with Crippen LogP contribution in [0, 0.1) is 5.92 Å². The number of amides is 3. The molecule has 6 nitrogen and oxygen atoms in total. The van der Waals surface area contributed by atoms with Gasteiger partial charge in [0.25, 0.3) is 0 Å². The highest BCUT2D eigenvalue weighted by atomic mass is 16.2. The number of rotatable bonds is 7. The lowest BCUT2D eigenvalue weighted by Crippen LogP contribution is -2.45. The van der Waals surface area contributed by atoms with E-state index in [2.05, 4.69) is 24.5 Å². The van der Waals surface area contributed by atoms with E-state index in [4.69, 9.17) is 5.73 Å². The molecule has 0 aromatic rings. The van der Waals surface area contributed by atoms with Crippen LogP contribution < -0.4 is 16.4 Å². The molecule has 1 aliphatic rings. The Labute approximate surface area is 119 Å². The van der Waals surface area contributed by atoms with Crippen molar-refractivity contribution >= 4 is 17.7 Å². The second kappa shape index (κ2) is 7.67. The predicted molar refractivity (Wildman–Crippen MR) is 75.5 cm³/mol. The van der Waals surface area contributed by atoms with Crippen LogP contribution in [0.2, 0.25) is 0 Å². The van der Waals surface area contributed by atoms with Crippen molar-refractivity contribution in [3.63, 3.8) is 0 Å². The minimum absolute atomic E-state index is 0.0881. The molecule has 0 spiro atoms. The maximum atomic E-state index is 12.0. The first-order valence-electron chi connectivity index (χ1n) is 6.93. The summed E-state index contributed by atoms with van der Waals surface area (Å²) in [7, 11) is 0. The smallest absolute Gasteiger partial charge is 0.243 e. The molecule has 1 rings (SSSR count). The Morgan fingerprint density at radius 3 is 2.70 bits per heavy atom. The summed E-state index contributed by atoms with van der Waals surface area (Å²) in [6.45, 7) is 4.11. The highest BCUT2D eigenvalue weighted by molar-refractivity contribution is 5.91. The zero-order chi connectivity index (χ0) is 15.1. The Balaban J connectivity index is 2.54. The van der Waals surface area contributed by atoms with Gasteiger partial charge in [-0.25, -0.2) is 0 Å². The SMILES string of the molecule is CC(C)C[C@@H](/C=C/CC(N)=O)NC(=O)[C@@H]1CCC(=O)N1. The van der Waals surface area contributed by atoms with Crippen LogP contribution in [-0.2, 0) is 14.4 Å². The molecule has 0 aromatic carbocycles. The maximum Gasteiger partial charge on any atom is 0.243 e. The minimum atomic E-state index is -0.443. The van der Waals surface area contributed by atoms with Crippen molar-refractivity contribution in [3.05, 3.63) is 12.2 Å². The van der Waals surface area contributed by atoms with E-state index in [1.54, 1.807) is 12.2 Å². The molecule has 0 saturated carbocycles. The summed E-state index contributed by atoms with van der Waals surface area (Å²) in [6, 6.07) is -0.596. The van der Waals surface area contributed by atoms with Crippen molar-refractivity contribution in [1.82, 2.24) is 10.6 Å². The molecule has 1 heterocycles. The average molecular weight is 281 g/mol. The zero-order valence-corrected chi connectivity index (χ0v) is 12.0. The number of nitrogens with two attached hydrogens (primary N) is 1. The highest BCUT2D eigenvalue weighted by Gasteiger charge is 2.28. The number of carbonyl (C=O) groups excluding carboxylic acids is 3. The largest absolute Gasteiger partial charge is 0.369 e. The molecule has 0 unspecified atom stereocenters. The molecule has 0 bridgehead atoms. The van der Waals surface area contributed by atoms with Gasteiger partial charge in [-0.05, 0) is 18.8 Å². The normalized spacial score (nSPS) is 20.1. The van der Waals surface area contributed by atoms with Crippen molar-refractivity contribution in [3.8, 4) is 0 Å². The van der Waals surface area contributed by atoms with Gasteiger partial charge in [0.2, 0.25) is 17.7 Å². The van der Waals surface area contributed by atoms with Crippen LogP contribution in [0.1, 0.15) is 39.5 Å². The summed E-state index contributed by atoms with van der Waals surface area (Å²) >= 11 is 0. The van der Waals surface area contributed by atoms with Crippen LogP contribution >= 0.6 is 0 Å². The quantitative estimate of drug-likeness (QED) is 0.582. The molecule has 1 aliphatic heterocycles. The summed E-state index contributed by atoms with van der Waals surface area (Å²) < 4.78 is 0. The van der Waals surface area contributed by atoms with Gasteiger partial charge in [-0.3, -0.25) is 14.4 Å². The molecule has 4 N–H and O–H groups in total. The lowest BCUT2D eigenvalue weighted by molar-refractivity contribution is -0.126. The van der Waals surface area contributed by atoms with E-state index in [0.29, 0.717) is 18.8 Å². The van der Waals surface area contributed by atoms with E-state index in [-0.39, 0.29) is 24.3 Å². The van der Waals surface area contributed by atoms with Gasteiger partial charge in [0.15, 0.2) is 0 Å². The van der Waals surface area contributed by atoms with Crippen molar-refractivity contribution in [2.45, 2.75) is 51.6 Å². The Hall–Kier alpha value is -1.85. The molecule has 0 radical (unpaired) electrons. The van der Waals surface area contributed by atoms with E-state index in [1.165, 1.54) is 0 Å². The van der Waals surface area contributed by atoms with Crippen LogP contribution in [-0.4, -0.2) is 29.8 Å². The first-order chi connectivity index (χ1) is 9.38. The van der Waals surface area contributed by atoms with Gasteiger partial charge in [-0.15, -0.1) is 0 Å².